The maximum absolute atomic E-state index is 10.9. The third-order valence-electron chi connectivity index (χ3n) is 2.50. The number of allylic oxidation sites excluding steroid dienone is 1. The van der Waals surface area contributed by atoms with E-state index in [-0.39, 0.29) is 5.25 Å². The monoisotopic (exact) mass is 220 g/mol. The van der Waals surface area contributed by atoms with E-state index in [2.05, 4.69) is 12.1 Å². The topological polar surface area (TPSA) is 37.3 Å². The van der Waals surface area contributed by atoms with E-state index in [9.17, 15) is 4.79 Å². The second-order valence-electron chi connectivity index (χ2n) is 3.64. The Hall–Kier alpha value is -1.22. The van der Waals surface area contributed by atoms with Gasteiger partial charge < -0.3 is 5.11 Å². The zero-order valence-electron chi connectivity index (χ0n) is 8.43. The molecule has 2 nitrogen and oxygen atoms in total. The summed E-state index contributed by atoms with van der Waals surface area (Å²) in [5, 5.41) is 9.24. The van der Waals surface area contributed by atoms with E-state index in [0.29, 0.717) is 4.91 Å². The number of rotatable bonds is 2. The van der Waals surface area contributed by atoms with Gasteiger partial charge in [0.25, 0.3) is 0 Å². The van der Waals surface area contributed by atoms with Crippen molar-refractivity contribution in [3.63, 3.8) is 0 Å². The fourth-order valence-corrected chi connectivity index (χ4v) is 3.04. The zero-order chi connectivity index (χ0) is 10.8. The van der Waals surface area contributed by atoms with Gasteiger partial charge in [0, 0.05) is 5.25 Å². The van der Waals surface area contributed by atoms with Crippen molar-refractivity contribution in [2.24, 2.45) is 0 Å². The second kappa shape index (κ2) is 4.11. The van der Waals surface area contributed by atoms with E-state index in [1.54, 1.807) is 0 Å². The second-order valence-corrected chi connectivity index (χ2v) is 4.85. The van der Waals surface area contributed by atoms with E-state index in [4.69, 9.17) is 5.11 Å². The van der Waals surface area contributed by atoms with Crippen LogP contribution in [0.5, 0.6) is 0 Å². The Labute approximate surface area is 93.0 Å². The van der Waals surface area contributed by atoms with Crippen molar-refractivity contribution in [1.82, 2.24) is 0 Å². The minimum absolute atomic E-state index is 0.275. The maximum Gasteiger partial charge on any atom is 0.342 e. The number of benzene rings is 1. The van der Waals surface area contributed by atoms with Crippen LogP contribution in [0, 0.1) is 0 Å². The van der Waals surface area contributed by atoms with Crippen LogP contribution in [0.25, 0.3) is 0 Å². The molecule has 0 fully saturated rings. The van der Waals surface area contributed by atoms with E-state index in [0.717, 1.165) is 12.0 Å². The molecule has 1 heterocycles. The van der Waals surface area contributed by atoms with Crippen LogP contribution in [-0.2, 0) is 4.79 Å². The highest BCUT2D eigenvalue weighted by molar-refractivity contribution is 8.04. The average molecular weight is 220 g/mol. The van der Waals surface area contributed by atoms with Crippen LogP contribution in [0.4, 0.5) is 0 Å². The van der Waals surface area contributed by atoms with Crippen LogP contribution in [0.1, 0.15) is 24.2 Å². The summed E-state index contributed by atoms with van der Waals surface area (Å²) in [6.45, 7) is 1.90. The van der Waals surface area contributed by atoms with Gasteiger partial charge in [0.05, 0.1) is 4.91 Å². The van der Waals surface area contributed by atoms with Crippen LogP contribution in [0.2, 0.25) is 0 Å². The molecule has 1 aliphatic rings. The van der Waals surface area contributed by atoms with Crippen LogP contribution >= 0.6 is 11.8 Å². The Balaban J connectivity index is 2.17. The summed E-state index contributed by atoms with van der Waals surface area (Å²) in [6, 6.07) is 10.1. The number of hydrogen-bond donors (Lipinski definition) is 1. The smallest absolute Gasteiger partial charge is 0.342 e. The molecule has 2 rings (SSSR count). The molecule has 0 aromatic heterocycles. The Morgan fingerprint density at radius 1 is 1.40 bits per heavy atom. The van der Waals surface area contributed by atoms with Crippen LogP contribution in [0.3, 0.4) is 0 Å². The largest absolute Gasteiger partial charge is 0.477 e. The first-order valence-electron chi connectivity index (χ1n) is 4.83. The predicted molar refractivity (Wildman–Crippen MR) is 61.7 cm³/mol. The quantitative estimate of drug-likeness (QED) is 0.831. The molecule has 0 spiro atoms. The Morgan fingerprint density at radius 2 is 2.07 bits per heavy atom. The molecule has 1 aromatic carbocycles. The van der Waals surface area contributed by atoms with Gasteiger partial charge in [0.2, 0.25) is 0 Å². The fraction of sp³-hybridized carbons (Fsp3) is 0.250. The third kappa shape index (κ3) is 2.07. The third-order valence-corrected chi connectivity index (χ3v) is 3.99. The SMILES string of the molecule is CC1=C(C(=O)O)SC(c2ccccc2)C1. The molecule has 0 amide bonds. The summed E-state index contributed by atoms with van der Waals surface area (Å²) in [4.78, 5) is 11.4. The van der Waals surface area contributed by atoms with Gasteiger partial charge in [-0.3, -0.25) is 0 Å². The predicted octanol–water partition coefficient (Wildman–Crippen LogP) is 3.22. The number of carboxylic acid groups (broad SMARTS) is 1. The highest BCUT2D eigenvalue weighted by Gasteiger charge is 2.27. The highest BCUT2D eigenvalue weighted by Crippen LogP contribution is 2.47. The van der Waals surface area contributed by atoms with Gasteiger partial charge in [0.1, 0.15) is 0 Å². The van der Waals surface area contributed by atoms with E-state index in [1.807, 2.05) is 25.1 Å². The van der Waals surface area contributed by atoms with Crippen molar-refractivity contribution in [2.75, 3.05) is 0 Å². The number of aliphatic carboxylic acids is 1. The first-order chi connectivity index (χ1) is 7.18. The molecular weight excluding hydrogens is 208 g/mol. The maximum atomic E-state index is 10.9. The average Bonchev–Trinajstić information content (AvgIpc) is 2.62. The highest BCUT2D eigenvalue weighted by atomic mass is 32.2. The zero-order valence-corrected chi connectivity index (χ0v) is 9.25. The summed E-state index contributed by atoms with van der Waals surface area (Å²) in [5.41, 5.74) is 2.19. The number of carbonyl (C=O) groups is 1. The molecule has 15 heavy (non-hydrogen) atoms. The number of thioether (sulfide) groups is 1. The fourth-order valence-electron chi connectivity index (χ4n) is 1.74. The Kier molecular flexibility index (Phi) is 2.82. The molecule has 0 aliphatic carbocycles. The number of hydrogen-bond acceptors (Lipinski definition) is 2. The van der Waals surface area contributed by atoms with Gasteiger partial charge >= 0.3 is 5.97 Å². The summed E-state index contributed by atoms with van der Waals surface area (Å²) in [7, 11) is 0. The lowest BCUT2D eigenvalue weighted by atomic mass is 10.1. The summed E-state index contributed by atoms with van der Waals surface area (Å²) in [5.74, 6) is -0.795. The van der Waals surface area contributed by atoms with Crippen molar-refractivity contribution in [3.8, 4) is 0 Å². The molecule has 1 aromatic rings. The lowest BCUT2D eigenvalue weighted by Crippen LogP contribution is -1.95. The van der Waals surface area contributed by atoms with Gasteiger partial charge in [0.15, 0.2) is 0 Å². The standard InChI is InChI=1S/C12H12O2S/c1-8-7-10(15-11(8)12(13)14)9-5-3-2-4-6-9/h2-6,10H,7H2,1H3,(H,13,14). The molecule has 3 heteroatoms. The number of carboxylic acids is 1. The van der Waals surface area contributed by atoms with E-state index < -0.39 is 5.97 Å². The minimum atomic E-state index is -0.795. The van der Waals surface area contributed by atoms with Gasteiger partial charge in [-0.15, -0.1) is 11.8 Å². The molecule has 0 saturated heterocycles. The van der Waals surface area contributed by atoms with Crippen molar-refractivity contribution in [2.45, 2.75) is 18.6 Å². The molecule has 1 unspecified atom stereocenters. The lowest BCUT2D eigenvalue weighted by molar-refractivity contribution is -0.131. The molecule has 1 N–H and O–H groups in total. The summed E-state index contributed by atoms with van der Waals surface area (Å²) < 4.78 is 0. The van der Waals surface area contributed by atoms with Crippen LogP contribution in [0.15, 0.2) is 40.8 Å². The van der Waals surface area contributed by atoms with Crippen molar-refractivity contribution < 1.29 is 9.90 Å². The van der Waals surface area contributed by atoms with E-state index in [1.165, 1.54) is 17.3 Å². The molecule has 0 radical (unpaired) electrons. The van der Waals surface area contributed by atoms with Crippen molar-refractivity contribution in [1.29, 1.82) is 0 Å². The molecular formula is C12H12O2S. The lowest BCUT2D eigenvalue weighted by Gasteiger charge is -2.08. The van der Waals surface area contributed by atoms with Gasteiger partial charge in [-0.1, -0.05) is 35.9 Å². The molecule has 1 aliphatic heterocycles. The minimum Gasteiger partial charge on any atom is -0.477 e. The van der Waals surface area contributed by atoms with Gasteiger partial charge in [-0.25, -0.2) is 4.79 Å². The molecule has 0 saturated carbocycles. The Bertz CT molecular complexity index is 409. The van der Waals surface area contributed by atoms with Gasteiger partial charge in [-0.05, 0) is 18.9 Å². The molecule has 1 atom stereocenters. The Morgan fingerprint density at radius 3 is 2.60 bits per heavy atom. The van der Waals surface area contributed by atoms with Crippen molar-refractivity contribution >= 4 is 17.7 Å². The first-order valence-corrected chi connectivity index (χ1v) is 5.71. The van der Waals surface area contributed by atoms with Gasteiger partial charge in [-0.2, -0.15) is 0 Å². The summed E-state index contributed by atoms with van der Waals surface area (Å²) >= 11 is 1.46. The van der Waals surface area contributed by atoms with Crippen LogP contribution < -0.4 is 0 Å². The summed E-state index contributed by atoms with van der Waals surface area (Å²) in [6.07, 6.45) is 0.844. The molecule has 78 valence electrons. The first kappa shape index (κ1) is 10.3. The molecule has 0 bridgehead atoms. The van der Waals surface area contributed by atoms with E-state index >= 15 is 0 Å². The normalized spacial score (nSPS) is 20.7. The van der Waals surface area contributed by atoms with Crippen LogP contribution in [-0.4, -0.2) is 11.1 Å². The van der Waals surface area contributed by atoms with Crippen molar-refractivity contribution in [3.05, 3.63) is 46.4 Å².